The van der Waals surface area contributed by atoms with Crippen LogP contribution in [0, 0.1) is 0 Å². The fourth-order valence-electron chi connectivity index (χ4n) is 2.58. The molecule has 2 aromatic rings. The number of Topliss-reactive ketones (excluding diaryl/α,β-unsaturated/α-hetero) is 1. The van der Waals surface area contributed by atoms with Gasteiger partial charge in [0.1, 0.15) is 0 Å². The molecule has 1 heterocycles. The molecule has 2 aromatic carbocycles. The van der Waals surface area contributed by atoms with E-state index in [4.69, 9.17) is 23.2 Å². The maximum absolute atomic E-state index is 12.4. The molecule has 0 saturated carbocycles. The van der Waals surface area contributed by atoms with Crippen molar-refractivity contribution >= 4 is 34.7 Å². The van der Waals surface area contributed by atoms with Gasteiger partial charge in [-0.2, -0.15) is 0 Å². The molecule has 102 valence electrons. The number of benzene rings is 2. The number of rotatable bonds is 3. The number of para-hydroxylation sites is 1. The van der Waals surface area contributed by atoms with Crippen molar-refractivity contribution in [2.75, 3.05) is 11.9 Å². The van der Waals surface area contributed by atoms with Crippen LogP contribution in [-0.4, -0.2) is 12.3 Å². The van der Waals surface area contributed by atoms with Crippen molar-refractivity contribution in [1.29, 1.82) is 0 Å². The Hall–Kier alpha value is -1.51. The summed E-state index contributed by atoms with van der Waals surface area (Å²) in [5.41, 5.74) is 2.81. The van der Waals surface area contributed by atoms with Crippen molar-refractivity contribution < 1.29 is 4.79 Å². The molecule has 0 aromatic heterocycles. The van der Waals surface area contributed by atoms with Crippen LogP contribution < -0.4 is 5.32 Å². The SMILES string of the molecule is O=C(CC1CNc2ccccc21)c1cc(Cl)ccc1Cl. The van der Waals surface area contributed by atoms with Crippen molar-refractivity contribution in [3.05, 3.63) is 63.6 Å². The van der Waals surface area contributed by atoms with Gasteiger partial charge in [0, 0.05) is 35.2 Å². The van der Waals surface area contributed by atoms with Crippen LogP contribution in [0.2, 0.25) is 10.0 Å². The molecule has 1 unspecified atom stereocenters. The second-order valence-corrected chi connectivity index (χ2v) is 5.76. The van der Waals surface area contributed by atoms with Crippen molar-refractivity contribution in [3.63, 3.8) is 0 Å². The summed E-state index contributed by atoms with van der Waals surface area (Å²) in [5.74, 6) is 0.217. The highest BCUT2D eigenvalue weighted by molar-refractivity contribution is 6.35. The van der Waals surface area contributed by atoms with E-state index in [0.29, 0.717) is 22.0 Å². The Morgan fingerprint density at radius 1 is 1.20 bits per heavy atom. The van der Waals surface area contributed by atoms with Gasteiger partial charge in [-0.05, 0) is 29.8 Å². The first-order valence-corrected chi connectivity index (χ1v) is 7.22. The van der Waals surface area contributed by atoms with Crippen molar-refractivity contribution in [3.8, 4) is 0 Å². The number of nitrogens with one attached hydrogen (secondary N) is 1. The van der Waals surface area contributed by atoms with E-state index in [-0.39, 0.29) is 11.7 Å². The van der Waals surface area contributed by atoms with Gasteiger partial charge in [-0.1, -0.05) is 41.4 Å². The molecule has 0 bridgehead atoms. The minimum Gasteiger partial charge on any atom is -0.384 e. The molecule has 1 aliphatic rings. The van der Waals surface area contributed by atoms with Gasteiger partial charge < -0.3 is 5.32 Å². The number of anilines is 1. The molecule has 4 heteroatoms. The van der Waals surface area contributed by atoms with Crippen LogP contribution in [0.1, 0.15) is 28.3 Å². The Bertz CT molecular complexity index is 669. The minimum absolute atomic E-state index is 0.0287. The lowest BCUT2D eigenvalue weighted by Crippen LogP contribution is -2.10. The van der Waals surface area contributed by atoms with E-state index < -0.39 is 0 Å². The van der Waals surface area contributed by atoms with E-state index in [2.05, 4.69) is 11.4 Å². The summed E-state index contributed by atoms with van der Waals surface area (Å²) in [6.45, 7) is 0.781. The summed E-state index contributed by atoms with van der Waals surface area (Å²) in [5, 5.41) is 4.31. The summed E-state index contributed by atoms with van der Waals surface area (Å²) in [6, 6.07) is 13.1. The lowest BCUT2D eigenvalue weighted by atomic mass is 9.93. The molecule has 0 saturated heterocycles. The van der Waals surface area contributed by atoms with E-state index in [1.807, 2.05) is 18.2 Å². The largest absolute Gasteiger partial charge is 0.384 e. The van der Waals surface area contributed by atoms with Crippen LogP contribution in [0.25, 0.3) is 0 Å². The standard InChI is InChI=1S/C16H13Cl2NO/c17-11-5-6-14(18)13(8-11)16(20)7-10-9-19-15-4-2-1-3-12(10)15/h1-6,8,10,19H,7,9H2. The van der Waals surface area contributed by atoms with Crippen LogP contribution >= 0.6 is 23.2 Å². The number of ketones is 1. The third-order valence-electron chi connectivity index (χ3n) is 3.60. The Morgan fingerprint density at radius 2 is 2.00 bits per heavy atom. The monoisotopic (exact) mass is 305 g/mol. The maximum atomic E-state index is 12.4. The Morgan fingerprint density at radius 3 is 2.85 bits per heavy atom. The topological polar surface area (TPSA) is 29.1 Å². The van der Waals surface area contributed by atoms with E-state index in [1.165, 1.54) is 5.56 Å². The van der Waals surface area contributed by atoms with Crippen LogP contribution in [0.4, 0.5) is 5.69 Å². The molecule has 0 aliphatic carbocycles. The summed E-state index contributed by atoms with van der Waals surface area (Å²) in [7, 11) is 0. The smallest absolute Gasteiger partial charge is 0.165 e. The highest BCUT2D eigenvalue weighted by Crippen LogP contribution is 2.34. The van der Waals surface area contributed by atoms with Gasteiger partial charge in [0.15, 0.2) is 5.78 Å². The molecule has 0 fully saturated rings. The zero-order valence-corrected chi connectivity index (χ0v) is 12.2. The number of carbonyl (C=O) groups excluding carboxylic acids is 1. The molecule has 20 heavy (non-hydrogen) atoms. The number of hydrogen-bond donors (Lipinski definition) is 1. The summed E-state index contributed by atoms with van der Waals surface area (Å²) < 4.78 is 0. The van der Waals surface area contributed by atoms with Gasteiger partial charge in [-0.3, -0.25) is 4.79 Å². The normalized spacial score (nSPS) is 16.6. The predicted octanol–water partition coefficient (Wildman–Crippen LogP) is 4.78. The molecular formula is C16H13Cl2NO. The number of carbonyl (C=O) groups is 1. The molecule has 1 atom stereocenters. The van der Waals surface area contributed by atoms with Crippen LogP contribution in [0.3, 0.4) is 0 Å². The Balaban J connectivity index is 1.82. The van der Waals surface area contributed by atoms with Crippen LogP contribution in [-0.2, 0) is 0 Å². The highest BCUT2D eigenvalue weighted by atomic mass is 35.5. The molecule has 0 spiro atoms. The second kappa shape index (κ2) is 5.47. The second-order valence-electron chi connectivity index (χ2n) is 4.92. The van der Waals surface area contributed by atoms with E-state index >= 15 is 0 Å². The van der Waals surface area contributed by atoms with E-state index in [0.717, 1.165) is 12.2 Å². The van der Waals surface area contributed by atoms with E-state index in [1.54, 1.807) is 18.2 Å². The molecule has 0 amide bonds. The predicted molar refractivity (Wildman–Crippen MR) is 83.1 cm³/mol. The molecule has 2 nitrogen and oxygen atoms in total. The summed E-state index contributed by atoms with van der Waals surface area (Å²) >= 11 is 12.0. The van der Waals surface area contributed by atoms with Gasteiger partial charge in [-0.25, -0.2) is 0 Å². The lowest BCUT2D eigenvalue weighted by Gasteiger charge is -2.10. The average Bonchev–Trinajstić information content (AvgIpc) is 2.85. The molecule has 1 N–H and O–H groups in total. The quantitative estimate of drug-likeness (QED) is 0.827. The first-order chi connectivity index (χ1) is 9.65. The zero-order valence-electron chi connectivity index (χ0n) is 10.7. The van der Waals surface area contributed by atoms with Crippen LogP contribution in [0.5, 0.6) is 0 Å². The average molecular weight is 306 g/mol. The molecular weight excluding hydrogens is 293 g/mol. The fraction of sp³-hybridized carbons (Fsp3) is 0.188. The highest BCUT2D eigenvalue weighted by Gasteiger charge is 2.25. The molecule has 0 radical (unpaired) electrons. The maximum Gasteiger partial charge on any atom is 0.165 e. The Labute approximate surface area is 127 Å². The van der Waals surface area contributed by atoms with Gasteiger partial charge in [0.05, 0.1) is 5.02 Å². The van der Waals surface area contributed by atoms with Gasteiger partial charge >= 0.3 is 0 Å². The van der Waals surface area contributed by atoms with Crippen molar-refractivity contribution in [2.45, 2.75) is 12.3 Å². The molecule has 3 rings (SSSR count). The zero-order chi connectivity index (χ0) is 14.1. The van der Waals surface area contributed by atoms with E-state index in [9.17, 15) is 4.79 Å². The third kappa shape index (κ3) is 2.54. The molecule has 1 aliphatic heterocycles. The summed E-state index contributed by atoms with van der Waals surface area (Å²) in [6.07, 6.45) is 0.435. The first-order valence-electron chi connectivity index (χ1n) is 6.46. The van der Waals surface area contributed by atoms with Crippen LogP contribution in [0.15, 0.2) is 42.5 Å². The first kappa shape index (κ1) is 13.5. The van der Waals surface area contributed by atoms with Crippen molar-refractivity contribution in [2.24, 2.45) is 0 Å². The number of hydrogen-bond acceptors (Lipinski definition) is 2. The Kier molecular flexibility index (Phi) is 3.68. The third-order valence-corrected chi connectivity index (χ3v) is 4.16. The number of fused-ring (bicyclic) bond motifs is 1. The van der Waals surface area contributed by atoms with Gasteiger partial charge in [-0.15, -0.1) is 0 Å². The fourth-order valence-corrected chi connectivity index (χ4v) is 2.98. The van der Waals surface area contributed by atoms with Gasteiger partial charge in [0.2, 0.25) is 0 Å². The van der Waals surface area contributed by atoms with Crippen molar-refractivity contribution in [1.82, 2.24) is 0 Å². The lowest BCUT2D eigenvalue weighted by molar-refractivity contribution is 0.0976. The van der Waals surface area contributed by atoms with Gasteiger partial charge in [0.25, 0.3) is 0 Å². The summed E-state index contributed by atoms with van der Waals surface area (Å²) in [4.78, 5) is 12.4. The number of halogens is 2. The minimum atomic E-state index is 0.0287.